The van der Waals surface area contributed by atoms with Gasteiger partial charge in [-0.25, -0.2) is 0 Å². The molecule has 9 heteroatoms. The van der Waals surface area contributed by atoms with Crippen LogP contribution in [-0.4, -0.2) is 77.8 Å². The first kappa shape index (κ1) is 28.1. The summed E-state index contributed by atoms with van der Waals surface area (Å²) in [5.41, 5.74) is 1.29. The second-order valence-corrected chi connectivity index (χ2v) is 10.9. The Labute approximate surface area is 224 Å². The van der Waals surface area contributed by atoms with Gasteiger partial charge in [-0.15, -0.1) is 0 Å². The van der Waals surface area contributed by atoms with Crippen molar-refractivity contribution in [3.05, 3.63) is 34.9 Å². The molecule has 9 nitrogen and oxygen atoms in total. The molecule has 3 N–H and O–H groups in total. The second kappa shape index (κ2) is 12.3. The van der Waals surface area contributed by atoms with E-state index in [1.807, 2.05) is 18.7 Å². The Morgan fingerprint density at radius 3 is 2.53 bits per heavy atom. The van der Waals surface area contributed by atoms with E-state index in [2.05, 4.69) is 5.32 Å². The van der Waals surface area contributed by atoms with E-state index in [4.69, 9.17) is 9.47 Å². The van der Waals surface area contributed by atoms with Crippen molar-refractivity contribution in [2.75, 3.05) is 20.3 Å². The number of hydrogen-bond donors (Lipinski definition) is 3. The Hall–Kier alpha value is -2.91. The third-order valence-electron chi connectivity index (χ3n) is 7.82. The normalized spacial score (nSPS) is 24.9. The predicted octanol–water partition coefficient (Wildman–Crippen LogP) is 2.73. The number of nitrogens with one attached hydrogen (secondary N) is 1. The van der Waals surface area contributed by atoms with Crippen molar-refractivity contribution in [2.45, 2.75) is 89.0 Å². The number of carbonyl (C=O) groups excluding carboxylic acids is 3. The van der Waals surface area contributed by atoms with Gasteiger partial charge < -0.3 is 29.9 Å². The number of nitrogens with zero attached hydrogens (tertiary/aromatic N) is 1. The first-order valence-corrected chi connectivity index (χ1v) is 13.7. The van der Waals surface area contributed by atoms with E-state index in [0.717, 1.165) is 38.5 Å². The van der Waals surface area contributed by atoms with Gasteiger partial charge in [0, 0.05) is 35.7 Å². The molecular formula is C29H40N2O7. The van der Waals surface area contributed by atoms with Gasteiger partial charge in [0.15, 0.2) is 11.5 Å². The third kappa shape index (κ3) is 5.59. The van der Waals surface area contributed by atoms with Crippen LogP contribution in [0.2, 0.25) is 0 Å². The number of carbonyl (C=O) groups is 3. The summed E-state index contributed by atoms with van der Waals surface area (Å²) in [6.45, 7) is 3.82. The van der Waals surface area contributed by atoms with E-state index in [9.17, 15) is 24.6 Å². The minimum atomic E-state index is -1.11. The van der Waals surface area contributed by atoms with Crippen molar-refractivity contribution in [1.29, 1.82) is 0 Å². The number of rotatable bonds is 9. The molecule has 0 radical (unpaired) electrons. The molecule has 1 aromatic carbocycles. The van der Waals surface area contributed by atoms with Gasteiger partial charge in [0.05, 0.1) is 25.7 Å². The van der Waals surface area contributed by atoms with Gasteiger partial charge in [0.2, 0.25) is 11.8 Å². The van der Waals surface area contributed by atoms with Gasteiger partial charge in [-0.2, -0.15) is 0 Å². The lowest BCUT2D eigenvalue weighted by Crippen LogP contribution is -2.58. The molecular weight excluding hydrogens is 488 g/mol. The largest absolute Gasteiger partial charge is 0.493 e. The summed E-state index contributed by atoms with van der Waals surface area (Å²) in [6, 6.07) is 2.42. The smallest absolute Gasteiger partial charge is 0.247 e. The number of amides is 2. The maximum absolute atomic E-state index is 13.7. The molecule has 208 valence electrons. The molecule has 38 heavy (non-hydrogen) atoms. The molecule has 3 aliphatic rings. The fraction of sp³-hybridized carbons (Fsp3) is 0.621. The zero-order chi connectivity index (χ0) is 27.4. The van der Waals surface area contributed by atoms with E-state index in [1.54, 1.807) is 18.2 Å². The maximum Gasteiger partial charge on any atom is 0.247 e. The number of aliphatic hydroxyl groups excluding tert-OH is 2. The highest BCUT2D eigenvalue weighted by molar-refractivity contribution is 5.96. The van der Waals surface area contributed by atoms with E-state index < -0.39 is 30.1 Å². The molecule has 1 aliphatic heterocycles. The number of aliphatic hydroxyl groups is 2. The van der Waals surface area contributed by atoms with Gasteiger partial charge in [-0.05, 0) is 37.0 Å². The molecule has 2 amide bonds. The molecule has 1 heterocycles. The Kier molecular flexibility index (Phi) is 9.10. The molecule has 0 spiro atoms. The predicted molar refractivity (Wildman–Crippen MR) is 141 cm³/mol. The molecule has 0 bridgehead atoms. The molecule has 4 rings (SSSR count). The van der Waals surface area contributed by atoms with Gasteiger partial charge in [-0.3, -0.25) is 14.4 Å². The van der Waals surface area contributed by atoms with Crippen molar-refractivity contribution >= 4 is 18.1 Å². The lowest BCUT2D eigenvalue weighted by Gasteiger charge is -2.44. The summed E-state index contributed by atoms with van der Waals surface area (Å²) >= 11 is 0. The summed E-state index contributed by atoms with van der Waals surface area (Å²) in [4.78, 5) is 40.6. The SMILES string of the molecule is COc1cc(C=O)cc2c1O[C@@H]1[C@@H](O)[C@H](N(C(=O)CC(C)C)C3CCCCCC3)C=C(C(=O)NCCO)[C@H]21. The second-order valence-electron chi connectivity index (χ2n) is 10.9. The zero-order valence-electron chi connectivity index (χ0n) is 22.5. The standard InChI is InChI=1S/C29H40N2O7/c1-17(2)12-24(34)31(19-8-6-4-5-7-9-19)22-15-21(29(36)30-10-11-32)25-20-13-18(16-33)14-23(37-3)27(20)38-28(25)26(22)35/h13-17,19,22,25-26,28,32,35H,4-12H2,1-3H3,(H,30,36)/t22-,25+,26+,28+/m1/s1. The number of benzene rings is 1. The minimum absolute atomic E-state index is 0.0436. The van der Waals surface area contributed by atoms with Gasteiger partial charge in [0.25, 0.3) is 0 Å². The number of methoxy groups -OCH3 is 1. The Morgan fingerprint density at radius 2 is 1.92 bits per heavy atom. The van der Waals surface area contributed by atoms with Crippen LogP contribution in [0.4, 0.5) is 0 Å². The van der Waals surface area contributed by atoms with Crippen LogP contribution in [0.1, 0.15) is 80.6 Å². The zero-order valence-corrected chi connectivity index (χ0v) is 22.5. The van der Waals surface area contributed by atoms with Crippen molar-refractivity contribution in [1.82, 2.24) is 10.2 Å². The van der Waals surface area contributed by atoms with Crippen LogP contribution in [0.15, 0.2) is 23.8 Å². The number of aldehydes is 1. The van der Waals surface area contributed by atoms with E-state index in [1.165, 1.54) is 7.11 Å². The highest BCUT2D eigenvalue weighted by Gasteiger charge is 2.52. The van der Waals surface area contributed by atoms with Crippen LogP contribution in [0.5, 0.6) is 11.5 Å². The van der Waals surface area contributed by atoms with Crippen LogP contribution in [0.3, 0.4) is 0 Å². The summed E-state index contributed by atoms with van der Waals surface area (Å²) in [5, 5.41) is 23.8. The van der Waals surface area contributed by atoms with E-state index in [0.29, 0.717) is 40.9 Å². The van der Waals surface area contributed by atoms with Gasteiger partial charge in [0.1, 0.15) is 18.5 Å². The van der Waals surface area contributed by atoms with Crippen molar-refractivity contribution in [3.63, 3.8) is 0 Å². The molecule has 1 fully saturated rings. The Bertz CT molecular complexity index is 1060. The van der Waals surface area contributed by atoms with Gasteiger partial charge in [-0.1, -0.05) is 39.5 Å². The molecule has 0 unspecified atom stereocenters. The molecule has 1 aromatic rings. The Balaban J connectivity index is 1.82. The van der Waals surface area contributed by atoms with Crippen molar-refractivity contribution in [3.8, 4) is 11.5 Å². The summed E-state index contributed by atoms with van der Waals surface area (Å²) in [7, 11) is 1.47. The highest BCUT2D eigenvalue weighted by Crippen LogP contribution is 2.51. The highest BCUT2D eigenvalue weighted by atomic mass is 16.5. The fourth-order valence-electron chi connectivity index (χ4n) is 6.13. The average Bonchev–Trinajstić information content (AvgIpc) is 3.08. The molecule has 0 saturated heterocycles. The van der Waals surface area contributed by atoms with Crippen LogP contribution in [-0.2, 0) is 9.59 Å². The molecule has 0 aromatic heterocycles. The summed E-state index contributed by atoms with van der Waals surface area (Å²) in [5.74, 6) is -0.261. The Morgan fingerprint density at radius 1 is 1.21 bits per heavy atom. The minimum Gasteiger partial charge on any atom is -0.493 e. The molecule has 4 atom stereocenters. The van der Waals surface area contributed by atoms with Gasteiger partial charge >= 0.3 is 0 Å². The van der Waals surface area contributed by atoms with Crippen molar-refractivity contribution < 1.29 is 34.1 Å². The molecule has 1 saturated carbocycles. The molecule has 2 aliphatic carbocycles. The van der Waals surface area contributed by atoms with E-state index in [-0.39, 0.29) is 31.0 Å². The number of ether oxygens (including phenoxy) is 2. The third-order valence-corrected chi connectivity index (χ3v) is 7.82. The van der Waals surface area contributed by atoms with Crippen LogP contribution < -0.4 is 14.8 Å². The monoisotopic (exact) mass is 528 g/mol. The van der Waals surface area contributed by atoms with Crippen LogP contribution in [0, 0.1) is 5.92 Å². The maximum atomic E-state index is 13.7. The van der Waals surface area contributed by atoms with Crippen molar-refractivity contribution in [2.24, 2.45) is 5.92 Å². The quantitative estimate of drug-likeness (QED) is 0.332. The summed E-state index contributed by atoms with van der Waals surface area (Å²) in [6.07, 6.45) is 6.72. The van der Waals surface area contributed by atoms with Crippen LogP contribution >= 0.6 is 0 Å². The average molecular weight is 529 g/mol. The first-order valence-electron chi connectivity index (χ1n) is 13.7. The number of fused-ring (bicyclic) bond motifs is 3. The van der Waals surface area contributed by atoms with E-state index >= 15 is 0 Å². The first-order chi connectivity index (χ1) is 18.3. The lowest BCUT2D eigenvalue weighted by molar-refractivity contribution is -0.141. The number of hydrogen-bond acceptors (Lipinski definition) is 7. The lowest BCUT2D eigenvalue weighted by atomic mass is 9.76. The van der Waals surface area contributed by atoms with Crippen LogP contribution in [0.25, 0.3) is 0 Å². The summed E-state index contributed by atoms with van der Waals surface area (Å²) < 4.78 is 11.8. The fourth-order valence-corrected chi connectivity index (χ4v) is 6.13. The topological polar surface area (TPSA) is 125 Å².